The highest BCUT2D eigenvalue weighted by Crippen LogP contribution is 2.26. The smallest absolute Gasteiger partial charge is 0.123 e. The first-order chi connectivity index (χ1) is 8.69. The third kappa shape index (κ3) is 3.45. The van der Waals surface area contributed by atoms with Gasteiger partial charge in [0.2, 0.25) is 0 Å². The van der Waals surface area contributed by atoms with E-state index in [-0.39, 0.29) is 5.82 Å². The summed E-state index contributed by atoms with van der Waals surface area (Å²) < 4.78 is 12.9. The van der Waals surface area contributed by atoms with Crippen molar-refractivity contribution in [3.8, 4) is 0 Å². The number of nitrogens with zero attached hydrogens (tertiary/aromatic N) is 1. The van der Waals surface area contributed by atoms with Crippen LogP contribution in [0.5, 0.6) is 0 Å². The number of benzene rings is 1. The Balaban J connectivity index is 1.86. The molecule has 2 nitrogen and oxygen atoms in total. The molecule has 18 heavy (non-hydrogen) atoms. The van der Waals surface area contributed by atoms with Crippen molar-refractivity contribution in [1.29, 1.82) is 0 Å². The number of anilines is 1. The summed E-state index contributed by atoms with van der Waals surface area (Å²) in [5.74, 6) is 0.597. The normalized spacial score (nSPS) is 21.3. The maximum Gasteiger partial charge on any atom is 0.123 e. The number of hydrogen-bond acceptors (Lipinski definition) is 2. The first kappa shape index (κ1) is 13.3. The Bertz CT molecular complexity index is 363. The number of nitrogens with one attached hydrogen (secondary N) is 1. The van der Waals surface area contributed by atoms with Gasteiger partial charge in [0.05, 0.1) is 0 Å². The third-order valence-corrected chi connectivity index (χ3v) is 3.72. The molecule has 1 saturated heterocycles. The van der Waals surface area contributed by atoms with Crippen LogP contribution < -0.4 is 10.2 Å². The maximum absolute atomic E-state index is 12.9. The van der Waals surface area contributed by atoms with Crippen molar-refractivity contribution >= 4 is 5.69 Å². The molecule has 1 N–H and O–H groups in total. The Morgan fingerprint density at radius 1 is 1.39 bits per heavy atom. The highest BCUT2D eigenvalue weighted by atomic mass is 19.1. The highest BCUT2D eigenvalue weighted by molar-refractivity contribution is 5.47. The standard InChI is InChI=1S/C15H23FN2/c1-3-17-12(2)10-13-8-9-18(11-13)15-6-4-14(16)5-7-15/h4-7,12-13,17H,3,8-11H2,1-2H3. The van der Waals surface area contributed by atoms with Crippen LogP contribution in [0.2, 0.25) is 0 Å². The van der Waals surface area contributed by atoms with E-state index in [1.165, 1.54) is 12.8 Å². The Hall–Kier alpha value is -1.09. The summed E-state index contributed by atoms with van der Waals surface area (Å²) in [7, 11) is 0. The van der Waals surface area contributed by atoms with Gasteiger partial charge in [0, 0.05) is 24.8 Å². The molecule has 0 aromatic heterocycles. The van der Waals surface area contributed by atoms with Crippen LogP contribution >= 0.6 is 0 Å². The van der Waals surface area contributed by atoms with Gasteiger partial charge in [-0.3, -0.25) is 0 Å². The molecule has 3 heteroatoms. The van der Waals surface area contributed by atoms with Gasteiger partial charge in [-0.05, 0) is 56.5 Å². The molecule has 0 radical (unpaired) electrons. The molecule has 0 bridgehead atoms. The Morgan fingerprint density at radius 3 is 2.78 bits per heavy atom. The van der Waals surface area contributed by atoms with Crippen molar-refractivity contribution in [2.45, 2.75) is 32.7 Å². The molecule has 1 heterocycles. The van der Waals surface area contributed by atoms with E-state index in [1.54, 1.807) is 12.1 Å². The monoisotopic (exact) mass is 250 g/mol. The zero-order valence-corrected chi connectivity index (χ0v) is 11.3. The van der Waals surface area contributed by atoms with Gasteiger partial charge in [-0.1, -0.05) is 6.92 Å². The average Bonchev–Trinajstić information content (AvgIpc) is 2.78. The van der Waals surface area contributed by atoms with E-state index < -0.39 is 0 Å². The Kier molecular flexibility index (Phi) is 4.59. The van der Waals surface area contributed by atoms with E-state index in [2.05, 4.69) is 24.1 Å². The van der Waals surface area contributed by atoms with Crippen molar-refractivity contribution in [3.05, 3.63) is 30.1 Å². The summed E-state index contributed by atoms with van der Waals surface area (Å²) in [5, 5.41) is 3.47. The molecular formula is C15H23FN2. The summed E-state index contributed by atoms with van der Waals surface area (Å²) in [5.41, 5.74) is 1.15. The van der Waals surface area contributed by atoms with Gasteiger partial charge in [0.25, 0.3) is 0 Å². The van der Waals surface area contributed by atoms with Crippen molar-refractivity contribution in [2.24, 2.45) is 5.92 Å². The second kappa shape index (κ2) is 6.19. The van der Waals surface area contributed by atoms with E-state index in [4.69, 9.17) is 0 Å². The molecule has 0 aliphatic carbocycles. The van der Waals surface area contributed by atoms with E-state index >= 15 is 0 Å². The molecular weight excluding hydrogens is 227 g/mol. The summed E-state index contributed by atoms with van der Waals surface area (Å²) in [6.45, 7) is 7.63. The molecule has 1 fully saturated rings. The zero-order valence-electron chi connectivity index (χ0n) is 11.3. The van der Waals surface area contributed by atoms with Crippen LogP contribution in [-0.4, -0.2) is 25.7 Å². The van der Waals surface area contributed by atoms with Crippen molar-refractivity contribution in [1.82, 2.24) is 5.32 Å². The minimum absolute atomic E-state index is 0.157. The molecule has 1 aromatic rings. The maximum atomic E-state index is 12.9. The summed E-state index contributed by atoms with van der Waals surface area (Å²) in [4.78, 5) is 2.36. The minimum Gasteiger partial charge on any atom is -0.371 e. The van der Waals surface area contributed by atoms with Gasteiger partial charge in [0.15, 0.2) is 0 Å². The Morgan fingerprint density at radius 2 is 2.11 bits per heavy atom. The lowest BCUT2D eigenvalue weighted by Crippen LogP contribution is -2.29. The quantitative estimate of drug-likeness (QED) is 0.864. The number of rotatable bonds is 5. The van der Waals surface area contributed by atoms with E-state index in [1.807, 2.05) is 12.1 Å². The minimum atomic E-state index is -0.157. The van der Waals surface area contributed by atoms with E-state index in [9.17, 15) is 4.39 Å². The van der Waals surface area contributed by atoms with E-state index in [0.717, 1.165) is 31.2 Å². The predicted octanol–water partition coefficient (Wildman–Crippen LogP) is 3.04. The fraction of sp³-hybridized carbons (Fsp3) is 0.600. The molecule has 2 atom stereocenters. The lowest BCUT2D eigenvalue weighted by atomic mass is 10.0. The van der Waals surface area contributed by atoms with Gasteiger partial charge in [-0.15, -0.1) is 0 Å². The molecule has 2 rings (SSSR count). The largest absolute Gasteiger partial charge is 0.371 e. The summed E-state index contributed by atoms with van der Waals surface area (Å²) in [6, 6.07) is 7.44. The first-order valence-electron chi connectivity index (χ1n) is 6.93. The highest BCUT2D eigenvalue weighted by Gasteiger charge is 2.23. The molecule has 1 aromatic carbocycles. The topological polar surface area (TPSA) is 15.3 Å². The molecule has 0 amide bonds. The van der Waals surface area contributed by atoms with Crippen LogP contribution in [-0.2, 0) is 0 Å². The lowest BCUT2D eigenvalue weighted by Gasteiger charge is -2.20. The predicted molar refractivity (Wildman–Crippen MR) is 74.5 cm³/mol. The van der Waals surface area contributed by atoms with Crippen LogP contribution in [0.4, 0.5) is 10.1 Å². The average molecular weight is 250 g/mol. The second-order valence-electron chi connectivity index (χ2n) is 5.27. The zero-order chi connectivity index (χ0) is 13.0. The van der Waals surface area contributed by atoms with Crippen LogP contribution in [0.3, 0.4) is 0 Å². The molecule has 0 saturated carbocycles. The molecule has 0 spiro atoms. The summed E-state index contributed by atoms with van der Waals surface area (Å²) >= 11 is 0. The van der Waals surface area contributed by atoms with Gasteiger partial charge in [0.1, 0.15) is 5.82 Å². The van der Waals surface area contributed by atoms with Crippen LogP contribution in [0.15, 0.2) is 24.3 Å². The van der Waals surface area contributed by atoms with Gasteiger partial charge in [-0.25, -0.2) is 4.39 Å². The fourth-order valence-electron chi connectivity index (χ4n) is 2.84. The molecule has 100 valence electrons. The number of hydrogen-bond donors (Lipinski definition) is 1. The SMILES string of the molecule is CCNC(C)CC1CCN(c2ccc(F)cc2)C1. The van der Waals surface area contributed by atoms with Crippen LogP contribution in [0.1, 0.15) is 26.7 Å². The van der Waals surface area contributed by atoms with Crippen molar-refractivity contribution in [3.63, 3.8) is 0 Å². The van der Waals surface area contributed by atoms with Gasteiger partial charge >= 0.3 is 0 Å². The molecule has 1 aliphatic rings. The third-order valence-electron chi connectivity index (χ3n) is 3.72. The van der Waals surface area contributed by atoms with Gasteiger partial charge in [-0.2, -0.15) is 0 Å². The first-order valence-corrected chi connectivity index (χ1v) is 6.93. The second-order valence-corrected chi connectivity index (χ2v) is 5.27. The van der Waals surface area contributed by atoms with Crippen molar-refractivity contribution < 1.29 is 4.39 Å². The Labute approximate surface area is 109 Å². The molecule has 2 unspecified atom stereocenters. The number of halogens is 1. The van der Waals surface area contributed by atoms with Gasteiger partial charge < -0.3 is 10.2 Å². The lowest BCUT2D eigenvalue weighted by molar-refractivity contribution is 0.430. The fourth-order valence-corrected chi connectivity index (χ4v) is 2.84. The van der Waals surface area contributed by atoms with E-state index in [0.29, 0.717) is 6.04 Å². The van der Waals surface area contributed by atoms with Crippen LogP contribution in [0, 0.1) is 11.7 Å². The summed E-state index contributed by atoms with van der Waals surface area (Å²) in [6.07, 6.45) is 2.47. The van der Waals surface area contributed by atoms with Crippen LogP contribution in [0.25, 0.3) is 0 Å². The van der Waals surface area contributed by atoms with Crippen molar-refractivity contribution in [2.75, 3.05) is 24.5 Å². The molecule has 1 aliphatic heterocycles.